The van der Waals surface area contributed by atoms with E-state index in [2.05, 4.69) is 31.2 Å². The van der Waals surface area contributed by atoms with Crippen LogP contribution in [-0.2, 0) is 6.54 Å². The van der Waals surface area contributed by atoms with Crippen LogP contribution in [0.1, 0.15) is 5.69 Å². The molecule has 3 nitrogen and oxygen atoms in total. The summed E-state index contributed by atoms with van der Waals surface area (Å²) in [5.41, 5.74) is 1.70. The van der Waals surface area contributed by atoms with Gasteiger partial charge in [-0.05, 0) is 25.2 Å². The van der Waals surface area contributed by atoms with Crippen LogP contribution >= 0.6 is 15.9 Å². The number of nitrogens with one attached hydrogen (secondary N) is 2. The molecule has 0 aliphatic carbocycles. The molecule has 0 saturated heterocycles. The molecule has 1 heterocycles. The van der Waals surface area contributed by atoms with Gasteiger partial charge >= 0.3 is 0 Å². The lowest BCUT2D eigenvalue weighted by molar-refractivity contribution is 0.627. The molecule has 0 amide bonds. The lowest BCUT2D eigenvalue weighted by Crippen LogP contribution is -2.04. The van der Waals surface area contributed by atoms with Gasteiger partial charge in [0.1, 0.15) is 11.6 Å². The number of aromatic amines is 1. The number of benzene rings is 1. The second kappa shape index (κ2) is 4.76. The van der Waals surface area contributed by atoms with E-state index in [-0.39, 0.29) is 5.82 Å². The zero-order valence-corrected chi connectivity index (χ0v) is 10.3. The Hall–Kier alpha value is -1.20. The highest BCUT2D eigenvalue weighted by Crippen LogP contribution is 2.22. The molecular formula is C11H11BrFN3. The Morgan fingerprint density at radius 3 is 2.94 bits per heavy atom. The molecule has 0 unspecified atom stereocenters. The van der Waals surface area contributed by atoms with Crippen LogP contribution < -0.4 is 5.32 Å². The van der Waals surface area contributed by atoms with Gasteiger partial charge < -0.3 is 10.3 Å². The Bertz CT molecular complexity index is 475. The van der Waals surface area contributed by atoms with Gasteiger partial charge in [-0.1, -0.05) is 15.9 Å². The third kappa shape index (κ3) is 2.48. The molecule has 2 N–H and O–H groups in total. The zero-order valence-electron chi connectivity index (χ0n) is 8.72. The summed E-state index contributed by atoms with van der Waals surface area (Å²) in [4.78, 5) is 7.33. The lowest BCUT2D eigenvalue weighted by atomic mass is 10.2. The van der Waals surface area contributed by atoms with Crippen LogP contribution in [0.2, 0.25) is 0 Å². The highest BCUT2D eigenvalue weighted by atomic mass is 79.9. The van der Waals surface area contributed by atoms with E-state index in [0.29, 0.717) is 16.8 Å². The SMILES string of the molecule is CNCc1cnc(-c2cc(F)cc(Br)c2)[nH]1. The van der Waals surface area contributed by atoms with Gasteiger partial charge in [-0.25, -0.2) is 9.37 Å². The van der Waals surface area contributed by atoms with Gasteiger partial charge in [0, 0.05) is 28.5 Å². The minimum atomic E-state index is -0.282. The van der Waals surface area contributed by atoms with Gasteiger partial charge in [-0.2, -0.15) is 0 Å². The molecule has 16 heavy (non-hydrogen) atoms. The van der Waals surface area contributed by atoms with E-state index in [1.165, 1.54) is 12.1 Å². The Labute approximate surface area is 101 Å². The summed E-state index contributed by atoms with van der Waals surface area (Å²) in [6, 6.07) is 4.69. The molecule has 1 aromatic carbocycles. The molecule has 84 valence electrons. The quantitative estimate of drug-likeness (QED) is 0.909. The fourth-order valence-corrected chi connectivity index (χ4v) is 1.94. The monoisotopic (exact) mass is 283 g/mol. The van der Waals surface area contributed by atoms with Crippen molar-refractivity contribution in [1.82, 2.24) is 15.3 Å². The number of aromatic nitrogens is 2. The van der Waals surface area contributed by atoms with Crippen molar-refractivity contribution in [2.45, 2.75) is 6.54 Å². The number of halogens is 2. The first-order chi connectivity index (χ1) is 7.69. The molecule has 0 aliphatic heterocycles. The molecule has 5 heteroatoms. The van der Waals surface area contributed by atoms with Crippen molar-refractivity contribution >= 4 is 15.9 Å². The third-order valence-electron chi connectivity index (χ3n) is 2.13. The minimum Gasteiger partial charge on any atom is -0.341 e. The molecule has 1 aromatic heterocycles. The predicted molar refractivity (Wildman–Crippen MR) is 64.4 cm³/mol. The Balaban J connectivity index is 2.34. The third-order valence-corrected chi connectivity index (χ3v) is 2.59. The van der Waals surface area contributed by atoms with Gasteiger partial charge in [0.25, 0.3) is 0 Å². The van der Waals surface area contributed by atoms with E-state index < -0.39 is 0 Å². The maximum Gasteiger partial charge on any atom is 0.137 e. The van der Waals surface area contributed by atoms with Gasteiger partial charge in [0.15, 0.2) is 0 Å². The predicted octanol–water partition coefficient (Wildman–Crippen LogP) is 2.70. The molecule has 0 fully saturated rings. The summed E-state index contributed by atoms with van der Waals surface area (Å²) in [6.45, 7) is 0.712. The first-order valence-electron chi connectivity index (χ1n) is 4.84. The van der Waals surface area contributed by atoms with E-state index in [4.69, 9.17) is 0 Å². The largest absolute Gasteiger partial charge is 0.341 e. The van der Waals surface area contributed by atoms with Crippen molar-refractivity contribution in [3.05, 3.63) is 40.4 Å². The van der Waals surface area contributed by atoms with E-state index in [1.807, 2.05) is 13.1 Å². The van der Waals surface area contributed by atoms with E-state index in [9.17, 15) is 4.39 Å². The number of hydrogen-bond acceptors (Lipinski definition) is 2. The summed E-state index contributed by atoms with van der Waals surface area (Å²) >= 11 is 3.25. The number of hydrogen-bond donors (Lipinski definition) is 2. The normalized spacial score (nSPS) is 10.7. The van der Waals surface area contributed by atoms with Crippen molar-refractivity contribution in [3.63, 3.8) is 0 Å². The number of nitrogens with zero attached hydrogens (tertiary/aromatic N) is 1. The Morgan fingerprint density at radius 1 is 1.44 bits per heavy atom. The second-order valence-corrected chi connectivity index (χ2v) is 4.36. The molecule has 2 aromatic rings. The highest BCUT2D eigenvalue weighted by Gasteiger charge is 2.05. The van der Waals surface area contributed by atoms with Gasteiger partial charge in [-0.15, -0.1) is 0 Å². The molecule has 0 aliphatic rings. The summed E-state index contributed by atoms with van der Waals surface area (Å²) in [6.07, 6.45) is 1.74. The molecule has 0 spiro atoms. The van der Waals surface area contributed by atoms with E-state index in [0.717, 1.165) is 11.3 Å². The average Bonchev–Trinajstić information content (AvgIpc) is 2.65. The smallest absolute Gasteiger partial charge is 0.137 e. The minimum absolute atomic E-state index is 0.282. The average molecular weight is 284 g/mol. The highest BCUT2D eigenvalue weighted by molar-refractivity contribution is 9.10. The van der Waals surface area contributed by atoms with Gasteiger partial charge in [0.2, 0.25) is 0 Å². The molecule has 0 radical (unpaired) electrons. The van der Waals surface area contributed by atoms with Gasteiger partial charge in [0.05, 0.1) is 0 Å². The number of imidazole rings is 1. The van der Waals surface area contributed by atoms with Crippen LogP contribution in [-0.4, -0.2) is 17.0 Å². The van der Waals surface area contributed by atoms with E-state index >= 15 is 0 Å². The maximum atomic E-state index is 13.2. The van der Waals surface area contributed by atoms with Crippen LogP contribution in [0.25, 0.3) is 11.4 Å². The first-order valence-corrected chi connectivity index (χ1v) is 5.63. The van der Waals surface area contributed by atoms with Crippen molar-refractivity contribution in [3.8, 4) is 11.4 Å². The van der Waals surface area contributed by atoms with Crippen LogP contribution in [0.3, 0.4) is 0 Å². The molecule has 0 atom stereocenters. The topological polar surface area (TPSA) is 40.7 Å². The van der Waals surface area contributed by atoms with Crippen molar-refractivity contribution < 1.29 is 4.39 Å². The molecule has 0 bridgehead atoms. The van der Waals surface area contributed by atoms with Crippen LogP contribution in [0.15, 0.2) is 28.9 Å². The fourth-order valence-electron chi connectivity index (χ4n) is 1.48. The van der Waals surface area contributed by atoms with Crippen molar-refractivity contribution in [1.29, 1.82) is 0 Å². The Kier molecular flexibility index (Phi) is 3.36. The fraction of sp³-hybridized carbons (Fsp3) is 0.182. The Morgan fingerprint density at radius 2 is 2.25 bits per heavy atom. The molecular weight excluding hydrogens is 273 g/mol. The van der Waals surface area contributed by atoms with Crippen LogP contribution in [0, 0.1) is 5.82 Å². The molecule has 0 saturated carbocycles. The van der Waals surface area contributed by atoms with Crippen molar-refractivity contribution in [2.75, 3.05) is 7.05 Å². The molecule has 2 rings (SSSR count). The summed E-state index contributed by atoms with van der Waals surface area (Å²) < 4.78 is 13.9. The summed E-state index contributed by atoms with van der Waals surface area (Å²) in [5, 5.41) is 3.02. The van der Waals surface area contributed by atoms with Gasteiger partial charge in [-0.3, -0.25) is 0 Å². The number of H-pyrrole nitrogens is 1. The van der Waals surface area contributed by atoms with Crippen molar-refractivity contribution in [2.24, 2.45) is 0 Å². The van der Waals surface area contributed by atoms with Crippen LogP contribution in [0.5, 0.6) is 0 Å². The second-order valence-electron chi connectivity index (χ2n) is 3.45. The zero-order chi connectivity index (χ0) is 11.5. The standard InChI is InChI=1S/C11H11BrFN3/c1-14-5-10-6-15-11(16-10)7-2-8(12)4-9(13)3-7/h2-4,6,14H,5H2,1H3,(H,15,16). The number of rotatable bonds is 3. The lowest BCUT2D eigenvalue weighted by Gasteiger charge is -1.99. The van der Waals surface area contributed by atoms with Crippen LogP contribution in [0.4, 0.5) is 4.39 Å². The first kappa shape index (κ1) is 11.3. The summed E-state index contributed by atoms with van der Waals surface area (Å²) in [5.74, 6) is 0.390. The maximum absolute atomic E-state index is 13.2. The van der Waals surface area contributed by atoms with E-state index in [1.54, 1.807) is 6.20 Å². The summed E-state index contributed by atoms with van der Waals surface area (Å²) in [7, 11) is 1.86.